The molecule has 9 rings (SSSR count). The lowest BCUT2D eigenvalue weighted by Crippen LogP contribution is -2.38. The molecular weight excluding hydrogens is 838 g/mol. The van der Waals surface area contributed by atoms with Crippen LogP contribution in [0.4, 0.5) is 21.5 Å². The van der Waals surface area contributed by atoms with Gasteiger partial charge in [-0.3, -0.25) is 14.9 Å². The number of fused-ring (bicyclic) bond motifs is 1. The number of nitrogens with one attached hydrogen (secondary N) is 3. The molecule has 0 saturated carbocycles. The lowest BCUT2D eigenvalue weighted by atomic mass is 9.90. The number of likely N-dealkylation sites (N-methyl/N-ethyl adjacent to an activating group) is 1. The number of benzene rings is 4. The molecule has 0 spiro atoms. The van der Waals surface area contributed by atoms with Gasteiger partial charge in [0.1, 0.15) is 28.5 Å². The third kappa shape index (κ3) is 9.07. The number of sulfonamides is 1. The number of carbonyl (C=O) groups is 1. The summed E-state index contributed by atoms with van der Waals surface area (Å²) >= 11 is 0. The first-order chi connectivity index (χ1) is 30.9. The molecule has 16 heteroatoms. The molecule has 5 heterocycles. The first-order valence-corrected chi connectivity index (χ1v) is 22.9. The van der Waals surface area contributed by atoms with E-state index in [9.17, 15) is 23.3 Å². The molecule has 2 saturated heterocycles. The maximum absolute atomic E-state index is 15.2. The number of rotatable bonds is 13. The van der Waals surface area contributed by atoms with Crippen LogP contribution in [0.3, 0.4) is 0 Å². The highest BCUT2D eigenvalue weighted by Crippen LogP contribution is 2.41. The van der Waals surface area contributed by atoms with E-state index in [1.165, 1.54) is 35.0 Å². The van der Waals surface area contributed by atoms with Gasteiger partial charge < -0.3 is 29.6 Å². The second kappa shape index (κ2) is 17.9. The van der Waals surface area contributed by atoms with Crippen LogP contribution < -0.4 is 19.7 Å². The van der Waals surface area contributed by atoms with Gasteiger partial charge in [-0.1, -0.05) is 48.5 Å². The van der Waals surface area contributed by atoms with Crippen LogP contribution in [0, 0.1) is 10.1 Å². The fourth-order valence-corrected chi connectivity index (χ4v) is 9.78. The van der Waals surface area contributed by atoms with Crippen molar-refractivity contribution in [2.24, 2.45) is 0 Å². The Bertz CT molecular complexity index is 2860. The molecule has 6 aromatic rings. The number of hydrogen-bond acceptors (Lipinski definition) is 11. The summed E-state index contributed by atoms with van der Waals surface area (Å²) in [6.45, 7) is 3.14. The fourth-order valence-electron chi connectivity index (χ4n) is 8.80. The van der Waals surface area contributed by atoms with Gasteiger partial charge in [-0.15, -0.1) is 0 Å². The van der Waals surface area contributed by atoms with Crippen molar-refractivity contribution in [3.8, 4) is 22.6 Å². The largest absolute Gasteiger partial charge is 0.455 e. The minimum atomic E-state index is -4.65. The summed E-state index contributed by atoms with van der Waals surface area (Å²) in [7, 11) is -2.51. The molecule has 3 N–H and O–H groups in total. The van der Waals surface area contributed by atoms with Crippen LogP contribution in [0.25, 0.3) is 27.7 Å². The maximum Gasteiger partial charge on any atom is 0.293 e. The number of alkyl halides is 1. The third-order valence-electron chi connectivity index (χ3n) is 12.4. The Balaban J connectivity index is 0.977. The predicted molar refractivity (Wildman–Crippen MR) is 244 cm³/mol. The second-order valence-electron chi connectivity index (χ2n) is 16.6. The number of aromatic amines is 1. The minimum absolute atomic E-state index is 0.0578. The van der Waals surface area contributed by atoms with E-state index in [1.54, 1.807) is 24.4 Å². The maximum atomic E-state index is 15.2. The number of anilines is 2. The molecule has 2 fully saturated rings. The smallest absolute Gasteiger partial charge is 0.293 e. The monoisotopic (exact) mass is 885 g/mol. The molecule has 0 unspecified atom stereocenters. The Morgan fingerprint density at radius 2 is 1.81 bits per heavy atom. The number of aromatic nitrogens is 2. The molecular formula is C48H48FN7O7S. The van der Waals surface area contributed by atoms with E-state index >= 15 is 4.39 Å². The van der Waals surface area contributed by atoms with Gasteiger partial charge in [0, 0.05) is 75.6 Å². The Morgan fingerprint density at radius 1 is 1.02 bits per heavy atom. The Hall–Kier alpha value is -6.62. The number of nitrogens with zero attached hydrogens (tertiary/aromatic N) is 4. The molecule has 1 amide bonds. The first-order valence-electron chi connectivity index (χ1n) is 21.4. The van der Waals surface area contributed by atoms with Crippen molar-refractivity contribution in [3.05, 3.63) is 142 Å². The highest BCUT2D eigenvalue weighted by Gasteiger charge is 2.34. The summed E-state index contributed by atoms with van der Waals surface area (Å²) in [6.07, 6.45) is 8.96. The van der Waals surface area contributed by atoms with Crippen molar-refractivity contribution in [1.82, 2.24) is 19.6 Å². The molecule has 4 aromatic carbocycles. The van der Waals surface area contributed by atoms with E-state index in [-0.39, 0.29) is 55.6 Å². The number of nitro groups is 1. The predicted octanol–water partition coefficient (Wildman–Crippen LogP) is 9.04. The van der Waals surface area contributed by atoms with E-state index in [0.717, 1.165) is 67.7 Å². The van der Waals surface area contributed by atoms with Crippen LogP contribution in [-0.4, -0.2) is 86.2 Å². The van der Waals surface area contributed by atoms with Crippen LogP contribution >= 0.6 is 0 Å². The van der Waals surface area contributed by atoms with Crippen LogP contribution in [0.2, 0.25) is 0 Å². The number of H-pyrrole nitrogens is 1. The van der Waals surface area contributed by atoms with Crippen molar-refractivity contribution in [3.63, 3.8) is 0 Å². The zero-order chi connectivity index (χ0) is 44.4. The molecule has 3 aliphatic heterocycles. The van der Waals surface area contributed by atoms with Gasteiger partial charge in [-0.25, -0.2) is 22.5 Å². The average Bonchev–Trinajstić information content (AvgIpc) is 3.99. The molecule has 2 aromatic heterocycles. The number of hydrogen-bond donors (Lipinski definition) is 3. The van der Waals surface area contributed by atoms with Crippen LogP contribution in [0.5, 0.6) is 11.5 Å². The van der Waals surface area contributed by atoms with Crippen molar-refractivity contribution in [2.45, 2.75) is 48.7 Å². The lowest BCUT2D eigenvalue weighted by molar-refractivity contribution is -0.384. The molecule has 330 valence electrons. The van der Waals surface area contributed by atoms with Crippen molar-refractivity contribution in [2.75, 3.05) is 56.7 Å². The van der Waals surface area contributed by atoms with Gasteiger partial charge in [0.2, 0.25) is 0 Å². The Labute approximate surface area is 370 Å². The molecule has 1 atom stereocenters. The van der Waals surface area contributed by atoms with Gasteiger partial charge in [0.05, 0.1) is 27.6 Å². The van der Waals surface area contributed by atoms with Gasteiger partial charge >= 0.3 is 0 Å². The summed E-state index contributed by atoms with van der Waals surface area (Å²) in [4.78, 5) is 37.0. The number of nitro benzene ring substituents is 1. The molecule has 14 nitrogen and oxygen atoms in total. The van der Waals surface area contributed by atoms with Gasteiger partial charge in [0.25, 0.3) is 21.6 Å². The summed E-state index contributed by atoms with van der Waals surface area (Å²) in [5, 5.41) is 15.6. The molecule has 64 heavy (non-hydrogen) atoms. The van der Waals surface area contributed by atoms with Gasteiger partial charge in [-0.2, -0.15) is 0 Å². The third-order valence-corrected chi connectivity index (χ3v) is 13.7. The van der Waals surface area contributed by atoms with Gasteiger partial charge in [0.15, 0.2) is 0 Å². The second-order valence-corrected chi connectivity index (χ2v) is 18.3. The van der Waals surface area contributed by atoms with Crippen LogP contribution in [0.15, 0.2) is 120 Å². The van der Waals surface area contributed by atoms with E-state index in [1.807, 2.05) is 18.2 Å². The molecule has 3 aliphatic rings. The fraction of sp³-hybridized carbons (Fsp3) is 0.292. The molecule has 0 radical (unpaired) electrons. The number of carbonyl (C=O) groups excluding carboxylic acids is 1. The van der Waals surface area contributed by atoms with Crippen molar-refractivity contribution >= 4 is 49.6 Å². The number of halogens is 1. The van der Waals surface area contributed by atoms with E-state index < -0.39 is 37.1 Å². The van der Waals surface area contributed by atoms with Crippen molar-refractivity contribution < 1.29 is 32.0 Å². The topological polar surface area (TPSA) is 172 Å². The normalized spacial score (nSPS) is 17.8. The summed E-state index contributed by atoms with van der Waals surface area (Å²) in [6, 6.07) is 28.8. The van der Waals surface area contributed by atoms with Crippen molar-refractivity contribution in [1.29, 1.82) is 0 Å². The lowest BCUT2D eigenvalue weighted by Gasteiger charge is -2.30. The minimum Gasteiger partial charge on any atom is -0.455 e. The van der Waals surface area contributed by atoms with Crippen LogP contribution in [-0.2, 0) is 14.8 Å². The highest BCUT2D eigenvalue weighted by atomic mass is 32.2. The summed E-state index contributed by atoms with van der Waals surface area (Å²) < 4.78 is 56.2. The number of pyridine rings is 1. The van der Waals surface area contributed by atoms with E-state index in [0.29, 0.717) is 17.0 Å². The Morgan fingerprint density at radius 3 is 2.59 bits per heavy atom. The first kappa shape index (κ1) is 42.7. The standard InChI is InChI=1S/C48H48FN7O7S/c1-54-23-17-33(18-24-54)39-5-2-3-6-40(39)43-7-4-22-55(43)36-11-8-32(9-12-36)34-10-14-41(45(28-34)63-37-27-35-16-21-50-46(35)51-30-37)47(57)53-64(60,61)38-13-15-42(44(29-38)56(58)59)52-31-48(49)19-25-62-26-20-48/h2-3,5-6,8-17,21,27-30,43,52H,4,7,18-20,22-26,31H2,1H3,(H,50,51)(H,53,57)/t43-/m1/s1. The SMILES string of the molecule is CN1CC=C(c2ccccc2[C@H]2CCCN2c2ccc(-c3ccc(C(=O)NS(=O)(=O)c4ccc(NCC5(F)CCOCC5)c([N+](=O)[O-])c4)c(Oc4cnc5[nH]ccc5c4)c3)cc2)CC1. The van der Waals surface area contributed by atoms with E-state index in [4.69, 9.17) is 9.47 Å². The highest BCUT2D eigenvalue weighted by molar-refractivity contribution is 7.90. The summed E-state index contributed by atoms with van der Waals surface area (Å²) in [5.74, 6) is -0.653. The number of ether oxygens (including phenoxy) is 2. The average molecular weight is 886 g/mol. The molecule has 0 aliphatic carbocycles. The Kier molecular flexibility index (Phi) is 11.9. The van der Waals surface area contributed by atoms with E-state index in [2.05, 4.69) is 79.3 Å². The quantitative estimate of drug-likeness (QED) is 0.0747. The van der Waals surface area contributed by atoms with Crippen LogP contribution in [0.1, 0.15) is 59.6 Å². The molecule has 0 bridgehead atoms. The summed E-state index contributed by atoms with van der Waals surface area (Å²) in [5.41, 5.74) is 4.96. The number of amides is 1. The zero-order valence-electron chi connectivity index (χ0n) is 35.3. The van der Waals surface area contributed by atoms with Gasteiger partial charge in [-0.05, 0) is 103 Å². The zero-order valence-corrected chi connectivity index (χ0v) is 36.1.